The summed E-state index contributed by atoms with van der Waals surface area (Å²) < 4.78 is 0. The average molecular weight is 492 g/mol. The molecule has 0 bridgehead atoms. The Morgan fingerprint density at radius 1 is 0.829 bits per heavy atom. The van der Waals surface area contributed by atoms with Gasteiger partial charge in [0.25, 0.3) is 5.97 Å². The van der Waals surface area contributed by atoms with Gasteiger partial charge in [-0.1, -0.05) is 114 Å². The number of rotatable bonds is 19. The number of hydrogen-bond donors (Lipinski definition) is 5. The van der Waals surface area contributed by atoms with Crippen molar-refractivity contribution >= 4 is 12.0 Å². The molecule has 0 spiro atoms. The largest absolute Gasteiger partial charge is 0.478 e. The van der Waals surface area contributed by atoms with Gasteiger partial charge in [0.05, 0.1) is 6.04 Å². The lowest BCUT2D eigenvalue weighted by Gasteiger charge is -2.21. The number of aliphatic hydroxyl groups is 3. The maximum Gasteiger partial charge on any atom is 0.328 e. The maximum atomic E-state index is 10.1. The number of carboxylic acid groups (broad SMARTS) is 1. The van der Waals surface area contributed by atoms with E-state index in [1.54, 1.807) is 6.08 Å². The van der Waals surface area contributed by atoms with Crippen molar-refractivity contribution in [1.82, 2.24) is 0 Å². The molecule has 1 rings (SSSR count). The number of benzene rings is 1. The van der Waals surface area contributed by atoms with E-state index in [9.17, 15) is 4.79 Å². The van der Waals surface area contributed by atoms with Crippen LogP contribution in [-0.2, 0) is 4.79 Å². The summed E-state index contributed by atoms with van der Waals surface area (Å²) in [5.74, 6) is -3.66. The van der Waals surface area contributed by atoms with Gasteiger partial charge < -0.3 is 26.2 Å². The number of unbranched alkanes of at least 4 members (excludes halogenated alkanes) is 12. The van der Waals surface area contributed by atoms with Crippen LogP contribution in [-0.4, -0.2) is 38.4 Å². The molecule has 0 saturated heterocycles. The molecule has 1 atom stereocenters. The van der Waals surface area contributed by atoms with Gasteiger partial charge in [-0.25, -0.2) is 4.79 Å². The Bertz CT molecular complexity index is 667. The fourth-order valence-electron chi connectivity index (χ4n) is 3.54. The zero-order valence-corrected chi connectivity index (χ0v) is 21.7. The van der Waals surface area contributed by atoms with Crippen LogP contribution in [0.1, 0.15) is 109 Å². The van der Waals surface area contributed by atoms with Crippen LogP contribution in [0.4, 0.5) is 0 Å². The fourth-order valence-corrected chi connectivity index (χ4v) is 3.54. The van der Waals surface area contributed by atoms with Crippen LogP contribution in [0.3, 0.4) is 0 Å². The summed E-state index contributed by atoms with van der Waals surface area (Å²) in [5.41, 5.74) is 6.35. The summed E-state index contributed by atoms with van der Waals surface area (Å²) in [6.07, 6.45) is 25.1. The summed E-state index contributed by atoms with van der Waals surface area (Å²) in [6.45, 7) is 2.26. The lowest BCUT2D eigenvalue weighted by atomic mass is 10.0. The Hall–Kier alpha value is -1.99. The molecular weight excluding hydrogens is 442 g/mol. The highest BCUT2D eigenvalue weighted by atomic mass is 16.7. The summed E-state index contributed by atoms with van der Waals surface area (Å²) in [7, 11) is 0. The second kappa shape index (κ2) is 22.5. The molecule has 0 saturated carbocycles. The van der Waals surface area contributed by atoms with Crippen molar-refractivity contribution in [1.29, 1.82) is 0 Å². The molecule has 0 heterocycles. The number of carbonyl (C=O) groups is 1. The summed E-state index contributed by atoms with van der Waals surface area (Å²) in [6, 6.07) is 8.33. The van der Waals surface area contributed by atoms with Gasteiger partial charge in [0, 0.05) is 6.08 Å². The third-order valence-electron chi connectivity index (χ3n) is 5.74. The van der Waals surface area contributed by atoms with E-state index in [4.69, 9.17) is 26.2 Å². The first kappa shape index (κ1) is 33.0. The van der Waals surface area contributed by atoms with Crippen LogP contribution in [0.15, 0.2) is 48.6 Å². The van der Waals surface area contributed by atoms with Crippen LogP contribution in [0.5, 0.6) is 0 Å². The minimum atomic E-state index is -2.73. The summed E-state index contributed by atoms with van der Waals surface area (Å²) in [4.78, 5) is 10.1. The van der Waals surface area contributed by atoms with Gasteiger partial charge in [-0.05, 0) is 43.7 Å². The minimum Gasteiger partial charge on any atom is -0.478 e. The van der Waals surface area contributed by atoms with Crippen molar-refractivity contribution in [2.75, 3.05) is 0 Å². The lowest BCUT2D eigenvalue weighted by molar-refractivity contribution is -0.323. The molecule has 0 fully saturated rings. The highest BCUT2D eigenvalue weighted by molar-refractivity contribution is 5.85. The number of aliphatic carboxylic acids is 1. The molecule has 6 heteroatoms. The minimum absolute atomic E-state index is 0.435. The van der Waals surface area contributed by atoms with Crippen molar-refractivity contribution in [3.63, 3.8) is 0 Å². The van der Waals surface area contributed by atoms with Crippen molar-refractivity contribution in [2.45, 2.75) is 115 Å². The Labute approximate surface area is 212 Å². The Balaban J connectivity index is 0.000000867. The van der Waals surface area contributed by atoms with E-state index in [1.807, 2.05) is 30.3 Å². The molecular formula is C29H49NO5. The first-order chi connectivity index (χ1) is 16.8. The average Bonchev–Trinajstić information content (AvgIpc) is 2.83. The number of hydrogen-bond acceptors (Lipinski definition) is 5. The van der Waals surface area contributed by atoms with Crippen LogP contribution in [0.25, 0.3) is 6.08 Å². The molecule has 0 aromatic heterocycles. The zero-order valence-electron chi connectivity index (χ0n) is 21.7. The van der Waals surface area contributed by atoms with Gasteiger partial charge in [0.15, 0.2) is 0 Å². The normalized spacial score (nSPS) is 12.6. The third-order valence-corrected chi connectivity index (χ3v) is 5.74. The first-order valence-electron chi connectivity index (χ1n) is 13.3. The van der Waals surface area contributed by atoms with Gasteiger partial charge in [-0.15, -0.1) is 0 Å². The number of allylic oxidation sites excluding steroid dienone is 2. The molecule has 0 aliphatic heterocycles. The van der Waals surface area contributed by atoms with Crippen LogP contribution >= 0.6 is 0 Å². The fraction of sp³-hybridized carbons (Fsp3) is 0.621. The van der Waals surface area contributed by atoms with Crippen LogP contribution in [0.2, 0.25) is 0 Å². The highest BCUT2D eigenvalue weighted by Gasteiger charge is 2.27. The van der Waals surface area contributed by atoms with Gasteiger partial charge in [-0.2, -0.15) is 0 Å². The first-order valence-corrected chi connectivity index (χ1v) is 13.3. The van der Waals surface area contributed by atoms with Crippen molar-refractivity contribution in [2.24, 2.45) is 5.73 Å². The van der Waals surface area contributed by atoms with E-state index >= 15 is 0 Å². The van der Waals surface area contributed by atoms with E-state index in [0.717, 1.165) is 30.9 Å². The molecule has 0 amide bonds. The molecule has 6 nitrogen and oxygen atoms in total. The molecule has 0 radical (unpaired) electrons. The molecule has 1 aromatic carbocycles. The topological polar surface area (TPSA) is 124 Å². The molecule has 1 unspecified atom stereocenters. The van der Waals surface area contributed by atoms with Crippen LogP contribution in [0, 0.1) is 0 Å². The van der Waals surface area contributed by atoms with E-state index in [-0.39, 0.29) is 0 Å². The van der Waals surface area contributed by atoms with E-state index in [1.165, 1.54) is 70.6 Å². The molecule has 6 N–H and O–H groups in total. The highest BCUT2D eigenvalue weighted by Crippen LogP contribution is 2.13. The maximum absolute atomic E-state index is 10.1. The quantitative estimate of drug-likeness (QED) is 0.0683. The Morgan fingerprint density at radius 2 is 1.31 bits per heavy atom. The van der Waals surface area contributed by atoms with E-state index in [2.05, 4.69) is 19.1 Å². The van der Waals surface area contributed by atoms with Crippen molar-refractivity contribution in [3.05, 3.63) is 54.1 Å². The van der Waals surface area contributed by atoms with Crippen LogP contribution < -0.4 is 5.73 Å². The number of carboxylic acids is 1. The predicted molar refractivity (Wildman–Crippen MR) is 145 cm³/mol. The summed E-state index contributed by atoms with van der Waals surface area (Å²) in [5, 5.41) is 35.0. The zero-order chi connectivity index (χ0) is 26.2. The molecule has 35 heavy (non-hydrogen) atoms. The standard InChI is InChI=1S/C20H41NO3.C9H8O2/c1-2-3-4-5-6-7-8-9-10-11-12-13-14-15-16-17-18-19(21)20(22,23)24;10-9(11)7-6-8-4-2-1-3-5-8/h9-10,19,22-24H,2-8,11-18,21H2,1H3;1-7H,(H,10,11)/b10-9-;7-6+. The molecule has 0 aliphatic carbocycles. The molecule has 200 valence electrons. The third kappa shape index (κ3) is 23.5. The SMILES string of the molecule is CCCCCCCC/C=C\CCCCCCCCC(N)C(O)(O)O.O=C(O)/C=C/c1ccccc1. The molecule has 0 aliphatic rings. The van der Waals surface area contributed by atoms with Gasteiger partial charge in [0.1, 0.15) is 0 Å². The lowest BCUT2D eigenvalue weighted by Crippen LogP contribution is -2.47. The van der Waals surface area contributed by atoms with E-state index in [0.29, 0.717) is 6.42 Å². The predicted octanol–water partition coefficient (Wildman–Crippen LogP) is 6.16. The van der Waals surface area contributed by atoms with Crippen molar-refractivity contribution < 1.29 is 25.2 Å². The monoisotopic (exact) mass is 491 g/mol. The second-order valence-corrected chi connectivity index (χ2v) is 9.10. The second-order valence-electron chi connectivity index (χ2n) is 9.10. The Kier molecular flexibility index (Phi) is 21.2. The van der Waals surface area contributed by atoms with E-state index < -0.39 is 18.0 Å². The molecule has 1 aromatic rings. The smallest absolute Gasteiger partial charge is 0.328 e. The Morgan fingerprint density at radius 3 is 1.80 bits per heavy atom. The van der Waals surface area contributed by atoms with Gasteiger partial charge in [0.2, 0.25) is 0 Å². The van der Waals surface area contributed by atoms with Gasteiger partial charge in [-0.3, -0.25) is 0 Å². The van der Waals surface area contributed by atoms with Crippen molar-refractivity contribution in [3.8, 4) is 0 Å². The van der Waals surface area contributed by atoms with Gasteiger partial charge >= 0.3 is 5.97 Å². The number of nitrogens with two attached hydrogens (primary N) is 1. The summed E-state index contributed by atoms with van der Waals surface area (Å²) >= 11 is 0.